The zero-order valence-corrected chi connectivity index (χ0v) is 10.7. The van der Waals surface area contributed by atoms with E-state index in [9.17, 15) is 0 Å². The summed E-state index contributed by atoms with van der Waals surface area (Å²) in [4.78, 5) is 0. The molecule has 0 aliphatic carbocycles. The molecular formula is C16H20N2. The molecule has 18 heavy (non-hydrogen) atoms. The van der Waals surface area contributed by atoms with Crippen molar-refractivity contribution in [3.8, 4) is 0 Å². The number of fused-ring (bicyclic) bond motifs is 1. The summed E-state index contributed by atoms with van der Waals surface area (Å²) in [5.41, 5.74) is 1.41. The van der Waals surface area contributed by atoms with Crippen LogP contribution in [-0.4, -0.2) is 19.1 Å². The SMILES string of the molecule is c1ccc2c(CNC3CCNCC3)cccc2c1. The maximum Gasteiger partial charge on any atom is 0.0214 e. The van der Waals surface area contributed by atoms with E-state index in [1.54, 1.807) is 0 Å². The van der Waals surface area contributed by atoms with Crippen molar-refractivity contribution in [3.05, 3.63) is 48.0 Å². The second kappa shape index (κ2) is 5.51. The highest BCUT2D eigenvalue weighted by Gasteiger charge is 2.12. The number of hydrogen-bond donors (Lipinski definition) is 2. The Hall–Kier alpha value is -1.38. The Morgan fingerprint density at radius 2 is 1.78 bits per heavy atom. The Balaban J connectivity index is 1.74. The van der Waals surface area contributed by atoms with Gasteiger partial charge in [0.1, 0.15) is 0 Å². The summed E-state index contributed by atoms with van der Waals surface area (Å²) >= 11 is 0. The number of rotatable bonds is 3. The van der Waals surface area contributed by atoms with E-state index in [0.717, 1.165) is 19.6 Å². The van der Waals surface area contributed by atoms with Gasteiger partial charge in [0.2, 0.25) is 0 Å². The van der Waals surface area contributed by atoms with Crippen LogP contribution in [0.2, 0.25) is 0 Å². The topological polar surface area (TPSA) is 24.1 Å². The third kappa shape index (κ3) is 2.55. The van der Waals surface area contributed by atoms with E-state index in [1.807, 2.05) is 0 Å². The molecule has 2 aromatic carbocycles. The molecule has 2 heteroatoms. The van der Waals surface area contributed by atoms with Crippen molar-refractivity contribution in [2.45, 2.75) is 25.4 Å². The number of benzene rings is 2. The summed E-state index contributed by atoms with van der Waals surface area (Å²) in [6, 6.07) is 15.9. The van der Waals surface area contributed by atoms with Crippen molar-refractivity contribution in [1.29, 1.82) is 0 Å². The Bertz CT molecular complexity index is 510. The van der Waals surface area contributed by atoms with Gasteiger partial charge in [0.05, 0.1) is 0 Å². The van der Waals surface area contributed by atoms with Crippen molar-refractivity contribution in [2.24, 2.45) is 0 Å². The molecule has 1 aliphatic heterocycles. The Kier molecular flexibility index (Phi) is 3.58. The average molecular weight is 240 g/mol. The molecule has 1 aliphatic rings. The van der Waals surface area contributed by atoms with Gasteiger partial charge in [-0.3, -0.25) is 0 Å². The van der Waals surface area contributed by atoms with Gasteiger partial charge in [-0.2, -0.15) is 0 Å². The molecule has 1 heterocycles. The largest absolute Gasteiger partial charge is 0.317 e. The molecule has 0 bridgehead atoms. The van der Waals surface area contributed by atoms with E-state index < -0.39 is 0 Å². The minimum Gasteiger partial charge on any atom is -0.317 e. The van der Waals surface area contributed by atoms with Crippen LogP contribution in [0, 0.1) is 0 Å². The van der Waals surface area contributed by atoms with Crippen LogP contribution in [0.5, 0.6) is 0 Å². The van der Waals surface area contributed by atoms with E-state index in [4.69, 9.17) is 0 Å². The van der Waals surface area contributed by atoms with Crippen LogP contribution in [0.25, 0.3) is 10.8 Å². The fourth-order valence-electron chi connectivity index (χ4n) is 2.73. The predicted molar refractivity (Wildman–Crippen MR) is 76.7 cm³/mol. The fraction of sp³-hybridized carbons (Fsp3) is 0.375. The van der Waals surface area contributed by atoms with Crippen molar-refractivity contribution in [2.75, 3.05) is 13.1 Å². The smallest absolute Gasteiger partial charge is 0.0214 e. The summed E-state index contributed by atoms with van der Waals surface area (Å²) in [7, 11) is 0. The fourth-order valence-corrected chi connectivity index (χ4v) is 2.73. The number of piperidine rings is 1. The molecular weight excluding hydrogens is 220 g/mol. The van der Waals surface area contributed by atoms with E-state index >= 15 is 0 Å². The van der Waals surface area contributed by atoms with Gasteiger partial charge >= 0.3 is 0 Å². The number of hydrogen-bond acceptors (Lipinski definition) is 2. The summed E-state index contributed by atoms with van der Waals surface area (Å²) < 4.78 is 0. The highest BCUT2D eigenvalue weighted by atomic mass is 15.0. The van der Waals surface area contributed by atoms with E-state index in [1.165, 1.54) is 29.2 Å². The molecule has 0 amide bonds. The lowest BCUT2D eigenvalue weighted by Gasteiger charge is -2.24. The molecule has 1 fully saturated rings. The predicted octanol–water partition coefficient (Wildman–Crippen LogP) is 2.68. The lowest BCUT2D eigenvalue weighted by molar-refractivity contribution is 0.387. The lowest BCUT2D eigenvalue weighted by Crippen LogP contribution is -2.39. The van der Waals surface area contributed by atoms with Crippen LogP contribution in [0.15, 0.2) is 42.5 Å². The molecule has 0 saturated carbocycles. The third-order valence-electron chi connectivity index (χ3n) is 3.80. The zero-order chi connectivity index (χ0) is 12.2. The van der Waals surface area contributed by atoms with E-state index in [-0.39, 0.29) is 0 Å². The van der Waals surface area contributed by atoms with Crippen LogP contribution in [-0.2, 0) is 6.54 Å². The molecule has 1 saturated heterocycles. The first kappa shape index (κ1) is 11.7. The Morgan fingerprint density at radius 3 is 2.67 bits per heavy atom. The number of nitrogens with one attached hydrogen (secondary N) is 2. The second-order valence-corrected chi connectivity index (χ2v) is 5.04. The van der Waals surface area contributed by atoms with Crippen molar-refractivity contribution in [3.63, 3.8) is 0 Å². The standard InChI is InChI=1S/C16H20N2/c1-2-7-16-13(4-1)5-3-6-14(16)12-18-15-8-10-17-11-9-15/h1-7,15,17-18H,8-12H2. The van der Waals surface area contributed by atoms with Gasteiger partial charge in [-0.25, -0.2) is 0 Å². The monoisotopic (exact) mass is 240 g/mol. The van der Waals surface area contributed by atoms with Crippen LogP contribution < -0.4 is 10.6 Å². The van der Waals surface area contributed by atoms with Crippen molar-refractivity contribution >= 4 is 10.8 Å². The molecule has 3 rings (SSSR count). The molecule has 2 N–H and O–H groups in total. The summed E-state index contributed by atoms with van der Waals surface area (Å²) in [5.74, 6) is 0. The quantitative estimate of drug-likeness (QED) is 0.862. The summed E-state index contributed by atoms with van der Waals surface area (Å²) in [6.07, 6.45) is 2.48. The summed E-state index contributed by atoms with van der Waals surface area (Å²) in [6.45, 7) is 3.27. The first-order chi connectivity index (χ1) is 8.93. The van der Waals surface area contributed by atoms with Crippen LogP contribution in [0.1, 0.15) is 18.4 Å². The highest BCUT2D eigenvalue weighted by Crippen LogP contribution is 2.18. The van der Waals surface area contributed by atoms with Gasteiger partial charge in [-0.05, 0) is 42.3 Å². The second-order valence-electron chi connectivity index (χ2n) is 5.04. The van der Waals surface area contributed by atoms with Crippen LogP contribution in [0.3, 0.4) is 0 Å². The molecule has 0 aromatic heterocycles. The highest BCUT2D eigenvalue weighted by molar-refractivity contribution is 5.85. The van der Waals surface area contributed by atoms with Gasteiger partial charge in [-0.1, -0.05) is 42.5 Å². The Morgan fingerprint density at radius 1 is 1.00 bits per heavy atom. The van der Waals surface area contributed by atoms with Gasteiger partial charge in [0.25, 0.3) is 0 Å². The molecule has 94 valence electrons. The maximum absolute atomic E-state index is 3.69. The molecule has 2 aromatic rings. The summed E-state index contributed by atoms with van der Waals surface area (Å²) in [5, 5.41) is 9.80. The normalized spacial score (nSPS) is 17.1. The third-order valence-corrected chi connectivity index (χ3v) is 3.80. The first-order valence-electron chi connectivity index (χ1n) is 6.84. The van der Waals surface area contributed by atoms with E-state index in [0.29, 0.717) is 6.04 Å². The van der Waals surface area contributed by atoms with Gasteiger partial charge in [-0.15, -0.1) is 0 Å². The molecule has 0 unspecified atom stereocenters. The average Bonchev–Trinajstić information content (AvgIpc) is 2.46. The first-order valence-corrected chi connectivity index (χ1v) is 6.84. The molecule has 2 nitrogen and oxygen atoms in total. The van der Waals surface area contributed by atoms with Crippen molar-refractivity contribution in [1.82, 2.24) is 10.6 Å². The molecule has 0 spiro atoms. The van der Waals surface area contributed by atoms with E-state index in [2.05, 4.69) is 53.1 Å². The molecule has 0 radical (unpaired) electrons. The van der Waals surface area contributed by atoms with Crippen LogP contribution >= 0.6 is 0 Å². The zero-order valence-electron chi connectivity index (χ0n) is 10.7. The lowest BCUT2D eigenvalue weighted by atomic mass is 10.0. The van der Waals surface area contributed by atoms with Gasteiger partial charge in [0, 0.05) is 12.6 Å². The molecule has 0 atom stereocenters. The van der Waals surface area contributed by atoms with Crippen molar-refractivity contribution < 1.29 is 0 Å². The minimum atomic E-state index is 0.671. The Labute approximate surface area is 108 Å². The maximum atomic E-state index is 3.69. The van der Waals surface area contributed by atoms with Gasteiger partial charge in [0.15, 0.2) is 0 Å². The van der Waals surface area contributed by atoms with Crippen LogP contribution in [0.4, 0.5) is 0 Å². The minimum absolute atomic E-state index is 0.671. The van der Waals surface area contributed by atoms with Gasteiger partial charge < -0.3 is 10.6 Å².